The molecule has 2 amide bonds. The molecule has 0 bridgehead atoms. The van der Waals surface area contributed by atoms with E-state index in [0.29, 0.717) is 10.2 Å². The minimum Gasteiger partial charge on any atom is -0.308 e. The predicted molar refractivity (Wildman–Crippen MR) is 97.9 cm³/mol. The first-order valence-corrected chi connectivity index (χ1v) is 8.34. The quantitative estimate of drug-likeness (QED) is 0.642. The first-order valence-electron chi connectivity index (χ1n) is 7.15. The standard InChI is InChI=1S/C17H16ClN3OS/c1-9-4-6-12(8-11(9)3)19-16(22)21-17-20-14-10(2)5-7-13(18)15(14)23-17/h4-8H,1-3H3,(H2,19,20,21,22). The second-order valence-electron chi connectivity index (χ2n) is 5.44. The van der Waals surface area contributed by atoms with Crippen molar-refractivity contribution < 1.29 is 4.79 Å². The van der Waals surface area contributed by atoms with Crippen LogP contribution in [0, 0.1) is 20.8 Å². The maximum atomic E-state index is 12.1. The van der Waals surface area contributed by atoms with Crippen molar-refractivity contribution in [2.24, 2.45) is 0 Å². The summed E-state index contributed by atoms with van der Waals surface area (Å²) in [4.78, 5) is 16.6. The molecule has 2 aromatic carbocycles. The van der Waals surface area contributed by atoms with E-state index in [1.165, 1.54) is 16.9 Å². The van der Waals surface area contributed by atoms with E-state index in [0.717, 1.165) is 27.0 Å². The molecule has 0 aliphatic heterocycles. The topological polar surface area (TPSA) is 54.0 Å². The summed E-state index contributed by atoms with van der Waals surface area (Å²) in [6, 6.07) is 9.24. The molecule has 0 aliphatic rings. The number of nitrogens with zero attached hydrogens (tertiary/aromatic N) is 1. The van der Waals surface area contributed by atoms with Crippen LogP contribution < -0.4 is 10.6 Å². The Kier molecular flexibility index (Phi) is 4.24. The van der Waals surface area contributed by atoms with Gasteiger partial charge in [-0.1, -0.05) is 35.1 Å². The number of benzene rings is 2. The molecule has 3 rings (SSSR count). The minimum absolute atomic E-state index is 0.318. The number of rotatable bonds is 2. The molecule has 0 fully saturated rings. The zero-order valence-electron chi connectivity index (χ0n) is 13.0. The first kappa shape index (κ1) is 15.8. The molecule has 1 heterocycles. The van der Waals surface area contributed by atoms with Crippen LogP contribution in [0.2, 0.25) is 5.02 Å². The number of carbonyl (C=O) groups is 1. The van der Waals surface area contributed by atoms with Crippen LogP contribution in [0.3, 0.4) is 0 Å². The lowest BCUT2D eigenvalue weighted by molar-refractivity contribution is 0.262. The Hall–Kier alpha value is -2.11. The zero-order valence-corrected chi connectivity index (χ0v) is 14.6. The van der Waals surface area contributed by atoms with Gasteiger partial charge in [0, 0.05) is 5.69 Å². The lowest BCUT2D eigenvalue weighted by Gasteiger charge is -2.07. The molecule has 1 aromatic heterocycles. The van der Waals surface area contributed by atoms with Gasteiger partial charge in [0.05, 0.1) is 15.2 Å². The van der Waals surface area contributed by atoms with E-state index in [-0.39, 0.29) is 6.03 Å². The van der Waals surface area contributed by atoms with Gasteiger partial charge in [-0.3, -0.25) is 5.32 Å². The van der Waals surface area contributed by atoms with Gasteiger partial charge in [0.1, 0.15) is 0 Å². The average Bonchev–Trinajstić information content (AvgIpc) is 2.92. The van der Waals surface area contributed by atoms with Crippen molar-refractivity contribution in [1.29, 1.82) is 0 Å². The van der Waals surface area contributed by atoms with Crippen LogP contribution in [-0.4, -0.2) is 11.0 Å². The summed E-state index contributed by atoms with van der Waals surface area (Å²) < 4.78 is 0.883. The third kappa shape index (κ3) is 3.30. The van der Waals surface area contributed by atoms with Gasteiger partial charge in [0.25, 0.3) is 0 Å². The summed E-state index contributed by atoms with van der Waals surface area (Å²) in [5, 5.41) is 6.75. The molecule has 0 unspecified atom stereocenters. The highest BCUT2D eigenvalue weighted by Crippen LogP contribution is 2.33. The maximum absolute atomic E-state index is 12.1. The van der Waals surface area contributed by atoms with Crippen molar-refractivity contribution in [3.63, 3.8) is 0 Å². The summed E-state index contributed by atoms with van der Waals surface area (Å²) in [5.74, 6) is 0. The number of halogens is 1. The van der Waals surface area contributed by atoms with Crippen LogP contribution in [-0.2, 0) is 0 Å². The number of hydrogen-bond acceptors (Lipinski definition) is 3. The van der Waals surface area contributed by atoms with E-state index in [4.69, 9.17) is 11.6 Å². The van der Waals surface area contributed by atoms with Gasteiger partial charge >= 0.3 is 6.03 Å². The second kappa shape index (κ2) is 6.18. The van der Waals surface area contributed by atoms with E-state index >= 15 is 0 Å². The normalized spacial score (nSPS) is 10.8. The molecule has 118 valence electrons. The number of aromatic nitrogens is 1. The summed E-state index contributed by atoms with van der Waals surface area (Å²) in [7, 11) is 0. The molecule has 0 saturated heterocycles. The monoisotopic (exact) mass is 345 g/mol. The van der Waals surface area contributed by atoms with E-state index < -0.39 is 0 Å². The Labute approximate surface area is 143 Å². The molecule has 0 radical (unpaired) electrons. The fraction of sp³-hybridized carbons (Fsp3) is 0.176. The Balaban J connectivity index is 1.79. The molecule has 2 N–H and O–H groups in total. The third-order valence-corrected chi connectivity index (χ3v) is 5.11. The lowest BCUT2D eigenvalue weighted by atomic mass is 10.1. The molecule has 0 spiro atoms. The number of hydrogen-bond donors (Lipinski definition) is 2. The van der Waals surface area contributed by atoms with Gasteiger partial charge in [-0.15, -0.1) is 0 Å². The maximum Gasteiger partial charge on any atom is 0.325 e. The van der Waals surface area contributed by atoms with Gasteiger partial charge in [-0.05, 0) is 55.7 Å². The smallest absolute Gasteiger partial charge is 0.308 e. The van der Waals surface area contributed by atoms with Crippen LogP contribution in [0.25, 0.3) is 10.2 Å². The molecule has 0 saturated carbocycles. The zero-order chi connectivity index (χ0) is 16.6. The van der Waals surface area contributed by atoms with E-state index in [9.17, 15) is 4.79 Å². The fourth-order valence-electron chi connectivity index (χ4n) is 2.23. The lowest BCUT2D eigenvalue weighted by Crippen LogP contribution is -2.19. The highest BCUT2D eigenvalue weighted by molar-refractivity contribution is 7.23. The molecule has 23 heavy (non-hydrogen) atoms. The van der Waals surface area contributed by atoms with Gasteiger partial charge in [-0.25, -0.2) is 9.78 Å². The predicted octanol–water partition coefficient (Wildman–Crippen LogP) is 5.52. The summed E-state index contributed by atoms with van der Waals surface area (Å²) in [5.41, 5.74) is 4.92. The molecule has 4 nitrogen and oxygen atoms in total. The highest BCUT2D eigenvalue weighted by atomic mass is 35.5. The number of amides is 2. The van der Waals surface area contributed by atoms with Gasteiger partial charge < -0.3 is 5.32 Å². The number of aryl methyl sites for hydroxylation is 3. The molecule has 3 aromatic rings. The molecule has 6 heteroatoms. The van der Waals surface area contributed by atoms with Crippen LogP contribution in [0.15, 0.2) is 30.3 Å². The molecular formula is C17H16ClN3OS. The average molecular weight is 346 g/mol. The Bertz CT molecular complexity index is 865. The summed E-state index contributed by atoms with van der Waals surface area (Å²) >= 11 is 7.55. The number of fused-ring (bicyclic) bond motifs is 1. The van der Waals surface area contributed by atoms with Crippen LogP contribution in [0.1, 0.15) is 16.7 Å². The second-order valence-corrected chi connectivity index (χ2v) is 6.85. The van der Waals surface area contributed by atoms with Crippen LogP contribution in [0.4, 0.5) is 15.6 Å². The van der Waals surface area contributed by atoms with Crippen molar-refractivity contribution >= 4 is 50.0 Å². The molecule has 0 aliphatic carbocycles. The van der Waals surface area contributed by atoms with Gasteiger partial charge in [0.15, 0.2) is 5.13 Å². The number of thiazole rings is 1. The third-order valence-electron chi connectivity index (χ3n) is 3.68. The van der Waals surface area contributed by atoms with Crippen molar-refractivity contribution in [2.45, 2.75) is 20.8 Å². The fourth-order valence-corrected chi connectivity index (χ4v) is 3.45. The summed E-state index contributed by atoms with van der Waals surface area (Å²) in [6.07, 6.45) is 0. The van der Waals surface area contributed by atoms with Gasteiger partial charge in [0.2, 0.25) is 0 Å². The SMILES string of the molecule is Cc1ccc(NC(=O)Nc2nc3c(C)ccc(Cl)c3s2)cc1C. The van der Waals surface area contributed by atoms with Crippen LogP contribution >= 0.6 is 22.9 Å². The Morgan fingerprint density at radius 3 is 2.48 bits per heavy atom. The Morgan fingerprint density at radius 1 is 1.04 bits per heavy atom. The summed E-state index contributed by atoms with van der Waals surface area (Å²) in [6.45, 7) is 6.01. The Morgan fingerprint density at radius 2 is 1.78 bits per heavy atom. The molecular weight excluding hydrogens is 330 g/mol. The van der Waals surface area contributed by atoms with E-state index in [1.807, 2.05) is 51.1 Å². The van der Waals surface area contributed by atoms with Crippen molar-refractivity contribution in [1.82, 2.24) is 4.98 Å². The van der Waals surface area contributed by atoms with E-state index in [1.54, 1.807) is 0 Å². The number of carbonyl (C=O) groups excluding carboxylic acids is 1. The molecule has 0 atom stereocenters. The number of nitrogens with one attached hydrogen (secondary N) is 2. The van der Waals surface area contributed by atoms with Crippen molar-refractivity contribution in [2.75, 3.05) is 10.6 Å². The van der Waals surface area contributed by atoms with Crippen LogP contribution in [0.5, 0.6) is 0 Å². The number of anilines is 2. The first-order chi connectivity index (χ1) is 10.9. The van der Waals surface area contributed by atoms with Crippen molar-refractivity contribution in [3.8, 4) is 0 Å². The largest absolute Gasteiger partial charge is 0.325 e. The number of urea groups is 1. The van der Waals surface area contributed by atoms with Crippen molar-refractivity contribution in [3.05, 3.63) is 52.0 Å². The van der Waals surface area contributed by atoms with Gasteiger partial charge in [-0.2, -0.15) is 0 Å². The highest BCUT2D eigenvalue weighted by Gasteiger charge is 2.12. The minimum atomic E-state index is -0.318. The van der Waals surface area contributed by atoms with E-state index in [2.05, 4.69) is 15.6 Å².